The highest BCUT2D eigenvalue weighted by Crippen LogP contribution is 2.26. The number of carbonyl (C=O) groups excluding carboxylic acids is 1. The predicted octanol–water partition coefficient (Wildman–Crippen LogP) is 3.62. The molecule has 0 unspecified atom stereocenters. The summed E-state index contributed by atoms with van der Waals surface area (Å²) in [5.74, 6) is 0.0529. The average Bonchev–Trinajstić information content (AvgIpc) is 2.86. The van der Waals surface area contributed by atoms with Gasteiger partial charge in [0, 0.05) is 6.42 Å². The second kappa shape index (κ2) is 5.66. The van der Waals surface area contributed by atoms with E-state index in [4.69, 9.17) is 0 Å². The summed E-state index contributed by atoms with van der Waals surface area (Å²) in [7, 11) is 0. The van der Waals surface area contributed by atoms with Crippen LogP contribution in [0.15, 0.2) is 24.3 Å². The largest absolute Gasteiger partial charge is 0.294 e. The summed E-state index contributed by atoms with van der Waals surface area (Å²) in [6.07, 6.45) is 2.18. The van der Waals surface area contributed by atoms with Gasteiger partial charge in [0.1, 0.15) is 6.07 Å². The fourth-order valence-corrected chi connectivity index (χ4v) is 3.08. The Balaban J connectivity index is 1.92. The molecule has 0 amide bonds. The minimum absolute atomic E-state index is 0.0529. The second-order valence-corrected chi connectivity index (χ2v) is 7.16. The number of aromatic nitrogens is 2. The van der Waals surface area contributed by atoms with E-state index in [0.717, 1.165) is 24.1 Å². The number of carbonyl (C=O) groups is 1. The maximum Gasteiger partial charge on any atom is 0.173 e. The maximum absolute atomic E-state index is 12.1. The van der Waals surface area contributed by atoms with Crippen LogP contribution in [0.1, 0.15) is 66.5 Å². The first-order chi connectivity index (χ1) is 10.9. The molecule has 1 aromatic carbocycles. The quantitative estimate of drug-likeness (QED) is 0.851. The topological polar surface area (TPSA) is 58.7 Å². The van der Waals surface area contributed by atoms with Gasteiger partial charge in [-0.2, -0.15) is 10.4 Å². The zero-order valence-electron chi connectivity index (χ0n) is 13.9. The van der Waals surface area contributed by atoms with Crippen molar-refractivity contribution in [3.63, 3.8) is 0 Å². The highest BCUT2D eigenvalue weighted by molar-refractivity contribution is 5.99. The average molecular weight is 307 g/mol. The molecule has 3 rings (SSSR count). The number of rotatable bonds is 2. The summed E-state index contributed by atoms with van der Waals surface area (Å²) in [5.41, 5.74) is 4.28. The lowest BCUT2D eigenvalue weighted by molar-refractivity contribution is 0.0971. The summed E-state index contributed by atoms with van der Waals surface area (Å²) in [6, 6.07) is 10.6. The number of fused-ring (bicyclic) bond motifs is 1. The minimum atomic E-state index is 0.0529. The van der Waals surface area contributed by atoms with Crippen LogP contribution in [0.4, 0.5) is 0 Å². The zero-order chi connectivity index (χ0) is 16.6. The molecular formula is C19H21N3O. The van der Waals surface area contributed by atoms with Crippen molar-refractivity contribution >= 4 is 5.78 Å². The van der Waals surface area contributed by atoms with Gasteiger partial charge in [-0.1, -0.05) is 45.0 Å². The van der Waals surface area contributed by atoms with Gasteiger partial charge in [-0.15, -0.1) is 0 Å². The Bertz CT molecular complexity index is 786. The summed E-state index contributed by atoms with van der Waals surface area (Å²) in [6.45, 7) is 7.17. The Morgan fingerprint density at radius 3 is 2.52 bits per heavy atom. The molecule has 0 bridgehead atoms. The van der Waals surface area contributed by atoms with Crippen molar-refractivity contribution in [1.82, 2.24) is 9.78 Å². The van der Waals surface area contributed by atoms with Gasteiger partial charge in [0.05, 0.1) is 17.8 Å². The van der Waals surface area contributed by atoms with Gasteiger partial charge >= 0.3 is 0 Å². The summed E-state index contributed by atoms with van der Waals surface area (Å²) < 4.78 is 1.83. The first-order valence-electron chi connectivity index (χ1n) is 8.02. The lowest BCUT2D eigenvalue weighted by Crippen LogP contribution is -2.15. The van der Waals surface area contributed by atoms with E-state index < -0.39 is 0 Å². The molecule has 1 aliphatic rings. The molecule has 1 aliphatic carbocycles. The predicted molar refractivity (Wildman–Crippen MR) is 88.5 cm³/mol. The Kier molecular flexibility index (Phi) is 3.81. The smallest absolute Gasteiger partial charge is 0.173 e. The molecule has 0 N–H and O–H groups in total. The van der Waals surface area contributed by atoms with Gasteiger partial charge in [0.2, 0.25) is 0 Å². The van der Waals surface area contributed by atoms with Crippen LogP contribution < -0.4 is 0 Å². The van der Waals surface area contributed by atoms with Crippen molar-refractivity contribution in [3.8, 4) is 6.07 Å². The van der Waals surface area contributed by atoms with E-state index in [2.05, 4.69) is 56.2 Å². The first-order valence-corrected chi connectivity index (χ1v) is 8.02. The maximum atomic E-state index is 12.1. The molecule has 23 heavy (non-hydrogen) atoms. The molecule has 0 fully saturated rings. The van der Waals surface area contributed by atoms with Crippen LogP contribution in [0.25, 0.3) is 0 Å². The third-order valence-electron chi connectivity index (χ3n) is 4.41. The van der Waals surface area contributed by atoms with E-state index in [0.29, 0.717) is 18.5 Å². The fraction of sp³-hybridized carbons (Fsp3) is 0.421. The van der Waals surface area contributed by atoms with Crippen LogP contribution in [0.2, 0.25) is 0 Å². The van der Waals surface area contributed by atoms with Crippen LogP contribution in [0.5, 0.6) is 0 Å². The van der Waals surface area contributed by atoms with Gasteiger partial charge in [0.15, 0.2) is 11.5 Å². The van der Waals surface area contributed by atoms with Crippen molar-refractivity contribution in [1.29, 1.82) is 5.26 Å². The Morgan fingerprint density at radius 2 is 1.91 bits per heavy atom. The van der Waals surface area contributed by atoms with Crippen LogP contribution in [-0.4, -0.2) is 15.6 Å². The van der Waals surface area contributed by atoms with Crippen molar-refractivity contribution in [2.45, 2.75) is 52.0 Å². The molecule has 0 spiro atoms. The SMILES string of the molecule is CC(C)(C)c1ccc(Cn2nc(C#N)c3c2CCCC3=O)cc1. The highest BCUT2D eigenvalue weighted by atomic mass is 16.1. The molecular weight excluding hydrogens is 286 g/mol. The highest BCUT2D eigenvalue weighted by Gasteiger charge is 2.27. The van der Waals surface area contributed by atoms with Crippen molar-refractivity contribution in [2.75, 3.05) is 0 Å². The first kappa shape index (κ1) is 15.5. The Labute approximate surface area is 136 Å². The van der Waals surface area contributed by atoms with E-state index in [1.807, 2.05) is 4.68 Å². The zero-order valence-corrected chi connectivity index (χ0v) is 13.9. The van der Waals surface area contributed by atoms with Crippen LogP contribution >= 0.6 is 0 Å². The number of benzene rings is 1. The van der Waals surface area contributed by atoms with Crippen molar-refractivity contribution in [3.05, 3.63) is 52.3 Å². The van der Waals surface area contributed by atoms with Gasteiger partial charge < -0.3 is 0 Å². The lowest BCUT2D eigenvalue weighted by Gasteiger charge is -2.19. The van der Waals surface area contributed by atoms with Crippen LogP contribution in [0.3, 0.4) is 0 Å². The molecule has 1 aromatic heterocycles. The van der Waals surface area contributed by atoms with E-state index in [9.17, 15) is 10.1 Å². The van der Waals surface area contributed by atoms with E-state index in [-0.39, 0.29) is 16.9 Å². The molecule has 0 radical (unpaired) electrons. The number of ketones is 1. The third-order valence-corrected chi connectivity index (χ3v) is 4.41. The fourth-order valence-electron chi connectivity index (χ4n) is 3.08. The number of hydrogen-bond donors (Lipinski definition) is 0. The van der Waals surface area contributed by atoms with Gasteiger partial charge in [-0.25, -0.2) is 0 Å². The molecule has 0 saturated carbocycles. The standard InChI is InChI=1S/C19H21N3O/c1-19(2,3)14-9-7-13(8-10-14)12-22-16-5-4-6-17(23)18(16)15(11-20)21-22/h7-10H,4-6,12H2,1-3H3. The number of hydrogen-bond acceptors (Lipinski definition) is 3. The molecule has 1 heterocycles. The summed E-state index contributed by atoms with van der Waals surface area (Å²) in [4.78, 5) is 12.1. The molecule has 4 heteroatoms. The minimum Gasteiger partial charge on any atom is -0.294 e. The molecule has 0 aliphatic heterocycles. The van der Waals surface area contributed by atoms with E-state index >= 15 is 0 Å². The molecule has 118 valence electrons. The van der Waals surface area contributed by atoms with Gasteiger partial charge in [0.25, 0.3) is 0 Å². The molecule has 0 saturated heterocycles. The van der Waals surface area contributed by atoms with Crippen molar-refractivity contribution < 1.29 is 4.79 Å². The van der Waals surface area contributed by atoms with Crippen LogP contribution in [0, 0.1) is 11.3 Å². The van der Waals surface area contributed by atoms with E-state index in [1.54, 1.807) is 0 Å². The normalized spacial score (nSPS) is 14.4. The second-order valence-electron chi connectivity index (χ2n) is 7.16. The van der Waals surface area contributed by atoms with Crippen LogP contribution in [-0.2, 0) is 18.4 Å². The summed E-state index contributed by atoms with van der Waals surface area (Å²) >= 11 is 0. The Hall–Kier alpha value is -2.41. The third kappa shape index (κ3) is 2.92. The summed E-state index contributed by atoms with van der Waals surface area (Å²) in [5, 5.41) is 13.6. The molecule has 4 nitrogen and oxygen atoms in total. The molecule has 2 aromatic rings. The van der Waals surface area contributed by atoms with E-state index in [1.165, 1.54) is 5.56 Å². The Morgan fingerprint density at radius 1 is 1.22 bits per heavy atom. The van der Waals surface area contributed by atoms with Crippen molar-refractivity contribution in [2.24, 2.45) is 0 Å². The van der Waals surface area contributed by atoms with Gasteiger partial charge in [-0.05, 0) is 29.4 Å². The van der Waals surface area contributed by atoms with Gasteiger partial charge in [-0.3, -0.25) is 9.48 Å². The monoisotopic (exact) mass is 307 g/mol. The number of Topliss-reactive ketones (excluding diaryl/α,β-unsaturated/α-hetero) is 1. The number of nitriles is 1. The lowest BCUT2D eigenvalue weighted by atomic mass is 9.87. The molecule has 0 atom stereocenters. The number of nitrogens with zero attached hydrogens (tertiary/aromatic N) is 3.